The van der Waals surface area contributed by atoms with Crippen molar-refractivity contribution in [2.75, 3.05) is 5.32 Å². The Balaban J connectivity index is 1.56. The van der Waals surface area contributed by atoms with Crippen LogP contribution in [-0.2, 0) is 6.42 Å². The molecule has 2 aromatic carbocycles. The van der Waals surface area contributed by atoms with E-state index in [1.54, 1.807) is 24.3 Å². The molecule has 1 atom stereocenters. The third-order valence-corrected chi connectivity index (χ3v) is 5.22. The van der Waals surface area contributed by atoms with Crippen molar-refractivity contribution in [2.45, 2.75) is 18.8 Å². The molecular weight excluding hydrogens is 397 g/mol. The molecule has 5 nitrogen and oxygen atoms in total. The van der Waals surface area contributed by atoms with E-state index in [-0.39, 0.29) is 23.6 Å². The number of halogens is 2. The minimum atomic E-state index is -0.340. The Bertz CT molecular complexity index is 1050. The average Bonchev–Trinajstić information content (AvgIpc) is 2.68. The van der Waals surface area contributed by atoms with E-state index >= 15 is 0 Å². The Morgan fingerprint density at radius 3 is 2.29 bits per heavy atom. The number of rotatable bonds is 3. The fourth-order valence-electron chi connectivity index (χ4n) is 3.25. The normalized spacial score (nSPS) is 15.8. The molecule has 0 aliphatic heterocycles. The summed E-state index contributed by atoms with van der Waals surface area (Å²) in [5.74, 6) is -0.153. The van der Waals surface area contributed by atoms with Crippen LogP contribution in [0.2, 0.25) is 10.0 Å². The lowest BCUT2D eigenvalue weighted by molar-refractivity contribution is 0.0962. The number of benzene rings is 2. The van der Waals surface area contributed by atoms with Gasteiger partial charge in [0.1, 0.15) is 0 Å². The first-order valence-electron chi connectivity index (χ1n) is 8.71. The van der Waals surface area contributed by atoms with Gasteiger partial charge in [-0.25, -0.2) is 9.97 Å². The predicted molar refractivity (Wildman–Crippen MR) is 108 cm³/mol. The molecule has 1 aliphatic carbocycles. The monoisotopic (exact) mass is 411 g/mol. The van der Waals surface area contributed by atoms with Crippen LogP contribution < -0.4 is 5.32 Å². The lowest BCUT2D eigenvalue weighted by Gasteiger charge is -2.23. The summed E-state index contributed by atoms with van der Waals surface area (Å²) in [6.07, 6.45) is 2.48. The molecule has 0 saturated heterocycles. The molecule has 140 valence electrons. The molecule has 28 heavy (non-hydrogen) atoms. The van der Waals surface area contributed by atoms with Gasteiger partial charge < -0.3 is 0 Å². The van der Waals surface area contributed by atoms with Crippen LogP contribution in [0, 0.1) is 0 Å². The SMILES string of the molecule is O=C(Nc1ncc2c(n1)C[C@H](c1ccc(Cl)cc1)CC2=O)c1ccc(Cl)cc1. The summed E-state index contributed by atoms with van der Waals surface area (Å²) < 4.78 is 0. The second kappa shape index (κ2) is 7.70. The summed E-state index contributed by atoms with van der Waals surface area (Å²) in [6, 6.07) is 14.0. The van der Waals surface area contributed by atoms with Gasteiger partial charge in [-0.05, 0) is 54.3 Å². The molecule has 1 heterocycles. The summed E-state index contributed by atoms with van der Waals surface area (Å²) in [7, 11) is 0. The van der Waals surface area contributed by atoms with Crippen molar-refractivity contribution in [3.8, 4) is 0 Å². The van der Waals surface area contributed by atoms with Gasteiger partial charge in [-0.2, -0.15) is 0 Å². The van der Waals surface area contributed by atoms with Crippen LogP contribution in [-0.4, -0.2) is 21.7 Å². The van der Waals surface area contributed by atoms with Crippen molar-refractivity contribution in [1.82, 2.24) is 9.97 Å². The predicted octanol–water partition coefficient (Wildman–Crippen LogP) is 4.95. The van der Waals surface area contributed by atoms with Gasteiger partial charge in [0.25, 0.3) is 5.91 Å². The first kappa shape index (κ1) is 18.6. The van der Waals surface area contributed by atoms with Crippen molar-refractivity contribution in [1.29, 1.82) is 0 Å². The second-order valence-corrected chi connectivity index (χ2v) is 7.47. The van der Waals surface area contributed by atoms with Gasteiger partial charge >= 0.3 is 0 Å². The molecule has 1 aliphatic rings. The first-order chi connectivity index (χ1) is 13.5. The van der Waals surface area contributed by atoms with Gasteiger partial charge in [0.15, 0.2) is 5.78 Å². The maximum absolute atomic E-state index is 12.5. The molecule has 0 fully saturated rings. The van der Waals surface area contributed by atoms with Gasteiger partial charge in [0.2, 0.25) is 5.95 Å². The molecule has 0 radical (unpaired) electrons. The van der Waals surface area contributed by atoms with Gasteiger partial charge in [-0.1, -0.05) is 35.3 Å². The van der Waals surface area contributed by atoms with Crippen molar-refractivity contribution in [3.63, 3.8) is 0 Å². The number of carbonyl (C=O) groups excluding carboxylic acids is 2. The van der Waals surface area contributed by atoms with Crippen LogP contribution in [0.1, 0.15) is 44.3 Å². The highest BCUT2D eigenvalue weighted by Crippen LogP contribution is 2.32. The summed E-state index contributed by atoms with van der Waals surface area (Å²) in [5.41, 5.74) is 2.63. The summed E-state index contributed by atoms with van der Waals surface area (Å²) in [4.78, 5) is 33.4. The lowest BCUT2D eigenvalue weighted by Crippen LogP contribution is -2.22. The Morgan fingerprint density at radius 2 is 1.61 bits per heavy atom. The van der Waals surface area contributed by atoms with E-state index in [1.165, 1.54) is 6.20 Å². The molecule has 7 heteroatoms. The van der Waals surface area contributed by atoms with Crippen LogP contribution in [0.25, 0.3) is 0 Å². The first-order valence-corrected chi connectivity index (χ1v) is 9.46. The summed E-state index contributed by atoms with van der Waals surface area (Å²) in [6.45, 7) is 0. The largest absolute Gasteiger partial charge is 0.294 e. The summed E-state index contributed by atoms with van der Waals surface area (Å²) in [5, 5.41) is 3.87. The molecule has 3 aromatic rings. The maximum atomic E-state index is 12.5. The highest BCUT2D eigenvalue weighted by Gasteiger charge is 2.28. The molecule has 1 aromatic heterocycles. The van der Waals surface area contributed by atoms with Crippen molar-refractivity contribution in [2.24, 2.45) is 0 Å². The molecule has 0 saturated carbocycles. The maximum Gasteiger partial charge on any atom is 0.258 e. The Kier molecular flexibility index (Phi) is 5.11. The Labute approximate surface area is 171 Å². The topological polar surface area (TPSA) is 72.0 Å². The van der Waals surface area contributed by atoms with Gasteiger partial charge in [0, 0.05) is 28.2 Å². The molecule has 0 unspecified atom stereocenters. The Hall–Kier alpha value is -2.76. The number of hydrogen-bond acceptors (Lipinski definition) is 4. The molecule has 1 amide bonds. The third-order valence-electron chi connectivity index (χ3n) is 4.71. The van der Waals surface area contributed by atoms with E-state index in [0.717, 1.165) is 5.56 Å². The zero-order valence-electron chi connectivity index (χ0n) is 14.7. The number of fused-ring (bicyclic) bond motifs is 1. The highest BCUT2D eigenvalue weighted by atomic mass is 35.5. The van der Waals surface area contributed by atoms with Crippen LogP contribution >= 0.6 is 23.2 Å². The average molecular weight is 412 g/mol. The zero-order valence-corrected chi connectivity index (χ0v) is 16.2. The number of hydrogen-bond donors (Lipinski definition) is 1. The molecule has 0 bridgehead atoms. The molecule has 1 N–H and O–H groups in total. The highest BCUT2D eigenvalue weighted by molar-refractivity contribution is 6.30. The second-order valence-electron chi connectivity index (χ2n) is 6.59. The number of Topliss-reactive ketones (excluding diaryl/α,β-unsaturated/α-hetero) is 1. The number of anilines is 1. The fourth-order valence-corrected chi connectivity index (χ4v) is 3.50. The van der Waals surface area contributed by atoms with E-state index in [4.69, 9.17) is 23.2 Å². The number of carbonyl (C=O) groups is 2. The molecule has 0 spiro atoms. The quantitative estimate of drug-likeness (QED) is 0.661. The lowest BCUT2D eigenvalue weighted by atomic mass is 9.82. The Morgan fingerprint density at radius 1 is 0.964 bits per heavy atom. The van der Waals surface area contributed by atoms with E-state index < -0.39 is 0 Å². The van der Waals surface area contributed by atoms with Crippen LogP contribution in [0.3, 0.4) is 0 Å². The van der Waals surface area contributed by atoms with E-state index in [0.29, 0.717) is 39.7 Å². The number of aromatic nitrogens is 2. The van der Waals surface area contributed by atoms with Crippen LogP contribution in [0.15, 0.2) is 54.7 Å². The molecular formula is C21H15Cl2N3O2. The van der Waals surface area contributed by atoms with E-state index in [9.17, 15) is 9.59 Å². The minimum Gasteiger partial charge on any atom is -0.294 e. The standard InChI is InChI=1S/C21H15Cl2N3O2/c22-15-5-1-12(2-6-15)14-9-18-17(19(27)10-14)11-24-21(25-18)26-20(28)13-3-7-16(23)8-4-13/h1-8,11,14H,9-10H2,(H,24,25,26,28)/t14-/m0/s1. The third kappa shape index (κ3) is 3.91. The van der Waals surface area contributed by atoms with E-state index in [2.05, 4.69) is 15.3 Å². The minimum absolute atomic E-state index is 0.00298. The van der Waals surface area contributed by atoms with Crippen molar-refractivity contribution >= 4 is 40.8 Å². The van der Waals surface area contributed by atoms with Crippen LogP contribution in [0.5, 0.6) is 0 Å². The van der Waals surface area contributed by atoms with E-state index in [1.807, 2.05) is 24.3 Å². The molecule has 4 rings (SSSR count). The van der Waals surface area contributed by atoms with Gasteiger partial charge in [-0.3, -0.25) is 14.9 Å². The number of ketones is 1. The van der Waals surface area contributed by atoms with Gasteiger partial charge in [-0.15, -0.1) is 0 Å². The number of amides is 1. The zero-order chi connectivity index (χ0) is 19.7. The summed E-state index contributed by atoms with van der Waals surface area (Å²) >= 11 is 11.8. The number of nitrogens with one attached hydrogen (secondary N) is 1. The smallest absolute Gasteiger partial charge is 0.258 e. The van der Waals surface area contributed by atoms with Gasteiger partial charge in [0.05, 0.1) is 11.3 Å². The van der Waals surface area contributed by atoms with Crippen molar-refractivity contribution in [3.05, 3.63) is 87.2 Å². The van der Waals surface area contributed by atoms with Crippen LogP contribution in [0.4, 0.5) is 5.95 Å². The fraction of sp³-hybridized carbons (Fsp3) is 0.143. The number of nitrogens with zero attached hydrogens (tertiary/aromatic N) is 2. The van der Waals surface area contributed by atoms with Crippen molar-refractivity contribution < 1.29 is 9.59 Å².